The van der Waals surface area contributed by atoms with Crippen molar-refractivity contribution in [3.63, 3.8) is 0 Å². The summed E-state index contributed by atoms with van der Waals surface area (Å²) in [6.45, 7) is 0. The van der Waals surface area contributed by atoms with Crippen molar-refractivity contribution in [2.45, 2.75) is 0 Å². The first-order valence-electron chi connectivity index (χ1n) is 18.8. The van der Waals surface area contributed by atoms with Crippen LogP contribution in [0.5, 0.6) is 0 Å². The molecule has 0 saturated heterocycles. The zero-order chi connectivity index (χ0) is 36.9. The Hall–Kier alpha value is -7.63. The molecule has 0 amide bonds. The highest BCUT2D eigenvalue weighted by molar-refractivity contribution is 6.26. The summed E-state index contributed by atoms with van der Waals surface area (Å²) in [5.41, 5.74) is 8.45. The summed E-state index contributed by atoms with van der Waals surface area (Å²) in [4.78, 5) is 24.7. The Labute approximate surface area is 319 Å². The number of benzene rings is 9. The lowest BCUT2D eigenvalue weighted by Gasteiger charge is -2.13. The second-order valence-corrected chi connectivity index (χ2v) is 14.5. The SMILES string of the molecule is O=c1c2cc(-c3cccc4oc5ccc(-c6ccc7c8ccccc8c8ccccc8c7c6)cc5c34)ccc2nc2c3ccccc3nc(-c3ccccc3)n12. The first-order chi connectivity index (χ1) is 27.7. The highest BCUT2D eigenvalue weighted by Gasteiger charge is 2.19. The lowest BCUT2D eigenvalue weighted by atomic mass is 9.91. The van der Waals surface area contributed by atoms with E-state index in [1.807, 2.05) is 78.9 Å². The molecule has 3 aromatic heterocycles. The predicted molar refractivity (Wildman–Crippen MR) is 230 cm³/mol. The number of nitrogens with zero attached hydrogens (tertiary/aromatic N) is 3. The Balaban J connectivity index is 1.06. The van der Waals surface area contributed by atoms with Crippen molar-refractivity contribution in [3.8, 4) is 33.6 Å². The van der Waals surface area contributed by atoms with E-state index in [0.29, 0.717) is 22.4 Å². The molecule has 0 saturated carbocycles. The average Bonchev–Trinajstić information content (AvgIpc) is 3.65. The second-order valence-electron chi connectivity index (χ2n) is 14.5. The van der Waals surface area contributed by atoms with Crippen molar-refractivity contribution in [3.05, 3.63) is 186 Å². The molecule has 0 N–H and O–H groups in total. The molecule has 3 heterocycles. The minimum Gasteiger partial charge on any atom is -0.456 e. The second kappa shape index (κ2) is 11.7. The molecule has 0 aliphatic carbocycles. The van der Waals surface area contributed by atoms with Crippen LogP contribution in [0.3, 0.4) is 0 Å². The molecule has 0 bridgehead atoms. The molecule has 5 nitrogen and oxygen atoms in total. The molecule has 12 rings (SSSR count). The van der Waals surface area contributed by atoms with Gasteiger partial charge in [0, 0.05) is 21.7 Å². The summed E-state index contributed by atoms with van der Waals surface area (Å²) in [5, 5.41) is 10.9. The molecule has 12 aromatic rings. The topological polar surface area (TPSA) is 60.4 Å². The van der Waals surface area contributed by atoms with E-state index in [0.717, 1.165) is 60.7 Å². The third-order valence-corrected chi connectivity index (χ3v) is 11.4. The predicted octanol–water partition coefficient (Wildman–Crippen LogP) is 12.8. The smallest absolute Gasteiger partial charge is 0.267 e. The summed E-state index contributed by atoms with van der Waals surface area (Å²) in [5.74, 6) is 0.564. The van der Waals surface area contributed by atoms with E-state index in [4.69, 9.17) is 14.4 Å². The third kappa shape index (κ3) is 4.46. The minimum atomic E-state index is -0.160. The Kier molecular flexibility index (Phi) is 6.42. The van der Waals surface area contributed by atoms with E-state index in [1.54, 1.807) is 4.40 Å². The molecular formula is C51H29N3O2. The Bertz CT molecular complexity index is 3640. The summed E-state index contributed by atoms with van der Waals surface area (Å²) in [6, 6.07) is 60.4. The van der Waals surface area contributed by atoms with Crippen molar-refractivity contribution in [2.24, 2.45) is 0 Å². The van der Waals surface area contributed by atoms with Gasteiger partial charge in [-0.3, -0.25) is 4.79 Å². The number of hydrogen-bond donors (Lipinski definition) is 0. The van der Waals surface area contributed by atoms with Gasteiger partial charge in [-0.25, -0.2) is 14.4 Å². The minimum absolute atomic E-state index is 0.160. The monoisotopic (exact) mass is 715 g/mol. The number of hydrogen-bond acceptors (Lipinski definition) is 4. The van der Waals surface area contributed by atoms with E-state index in [2.05, 4.69) is 97.1 Å². The van der Waals surface area contributed by atoms with Crippen LogP contribution in [0.2, 0.25) is 0 Å². The van der Waals surface area contributed by atoms with Crippen LogP contribution >= 0.6 is 0 Å². The van der Waals surface area contributed by atoms with Gasteiger partial charge in [0.15, 0.2) is 5.65 Å². The van der Waals surface area contributed by atoms with Crippen molar-refractivity contribution in [1.29, 1.82) is 0 Å². The van der Waals surface area contributed by atoms with Crippen LogP contribution in [0.25, 0.3) is 115 Å². The zero-order valence-corrected chi connectivity index (χ0v) is 29.9. The van der Waals surface area contributed by atoms with Gasteiger partial charge in [-0.05, 0) is 103 Å². The van der Waals surface area contributed by atoms with Crippen LogP contribution in [-0.2, 0) is 0 Å². The summed E-state index contributed by atoms with van der Waals surface area (Å²) < 4.78 is 8.14. The fourth-order valence-electron chi connectivity index (χ4n) is 8.77. The number of aromatic nitrogens is 3. The fraction of sp³-hybridized carbons (Fsp3) is 0. The van der Waals surface area contributed by atoms with Gasteiger partial charge in [0.2, 0.25) is 0 Å². The standard InChI is InChI=1S/C51H29N3O2/c55-51-42-29-33(22-25-45(42)53-50-40-17-8-9-19-44(40)52-49(54(50)51)30-11-2-1-3-12-30)34-18-10-20-47-48(34)43-28-32(23-26-46(43)56-47)31-21-24-39-37-15-5-4-13-35(37)36-14-6-7-16-38(36)41(39)27-31/h1-29H. The van der Waals surface area contributed by atoms with Crippen LogP contribution in [-0.4, -0.2) is 14.4 Å². The van der Waals surface area contributed by atoms with E-state index in [-0.39, 0.29) is 5.56 Å². The van der Waals surface area contributed by atoms with Gasteiger partial charge in [-0.1, -0.05) is 127 Å². The molecular weight excluding hydrogens is 687 g/mol. The lowest BCUT2D eigenvalue weighted by Crippen LogP contribution is -2.19. The van der Waals surface area contributed by atoms with Gasteiger partial charge in [-0.15, -0.1) is 0 Å². The van der Waals surface area contributed by atoms with Crippen molar-refractivity contribution in [1.82, 2.24) is 14.4 Å². The molecule has 0 atom stereocenters. The molecule has 0 aliphatic heterocycles. The highest BCUT2D eigenvalue weighted by Crippen LogP contribution is 2.41. The summed E-state index contributed by atoms with van der Waals surface area (Å²) in [7, 11) is 0. The van der Waals surface area contributed by atoms with Crippen LogP contribution in [0.4, 0.5) is 0 Å². The maximum atomic E-state index is 14.6. The number of rotatable bonds is 3. The summed E-state index contributed by atoms with van der Waals surface area (Å²) in [6.07, 6.45) is 0. The maximum absolute atomic E-state index is 14.6. The molecule has 0 radical (unpaired) electrons. The molecule has 9 aromatic carbocycles. The molecule has 5 heteroatoms. The van der Waals surface area contributed by atoms with Crippen LogP contribution in [0.1, 0.15) is 0 Å². The highest BCUT2D eigenvalue weighted by atomic mass is 16.3. The molecule has 260 valence electrons. The van der Waals surface area contributed by atoms with E-state index in [1.165, 1.54) is 32.3 Å². The van der Waals surface area contributed by atoms with Gasteiger partial charge in [0.05, 0.1) is 16.4 Å². The quantitative estimate of drug-likeness (QED) is 0.135. The van der Waals surface area contributed by atoms with Crippen molar-refractivity contribution >= 4 is 81.7 Å². The maximum Gasteiger partial charge on any atom is 0.267 e. The number of para-hydroxylation sites is 1. The fourth-order valence-corrected chi connectivity index (χ4v) is 8.77. The number of fused-ring (bicyclic) bond motifs is 13. The largest absolute Gasteiger partial charge is 0.456 e. The van der Waals surface area contributed by atoms with E-state index in [9.17, 15) is 4.79 Å². The average molecular weight is 716 g/mol. The normalized spacial score (nSPS) is 12.0. The van der Waals surface area contributed by atoms with Crippen molar-refractivity contribution in [2.75, 3.05) is 0 Å². The molecule has 0 fully saturated rings. The van der Waals surface area contributed by atoms with E-state index < -0.39 is 0 Å². The van der Waals surface area contributed by atoms with E-state index >= 15 is 0 Å². The molecule has 0 unspecified atom stereocenters. The Morgan fingerprint density at radius 3 is 1.75 bits per heavy atom. The first kappa shape index (κ1) is 30.8. The lowest BCUT2D eigenvalue weighted by molar-refractivity contribution is 0.669. The first-order valence-corrected chi connectivity index (χ1v) is 18.8. The van der Waals surface area contributed by atoms with Gasteiger partial charge >= 0.3 is 0 Å². The zero-order valence-electron chi connectivity index (χ0n) is 29.9. The van der Waals surface area contributed by atoms with Crippen LogP contribution in [0.15, 0.2) is 185 Å². The van der Waals surface area contributed by atoms with Gasteiger partial charge in [0.1, 0.15) is 17.0 Å². The number of furan rings is 1. The van der Waals surface area contributed by atoms with Gasteiger partial charge in [0.25, 0.3) is 5.56 Å². The van der Waals surface area contributed by atoms with Crippen LogP contribution < -0.4 is 5.56 Å². The Morgan fingerprint density at radius 1 is 0.393 bits per heavy atom. The van der Waals surface area contributed by atoms with Crippen molar-refractivity contribution < 1.29 is 4.42 Å². The van der Waals surface area contributed by atoms with Gasteiger partial charge in [-0.2, -0.15) is 0 Å². The molecule has 0 spiro atoms. The summed E-state index contributed by atoms with van der Waals surface area (Å²) >= 11 is 0. The third-order valence-electron chi connectivity index (χ3n) is 11.4. The van der Waals surface area contributed by atoms with Gasteiger partial charge < -0.3 is 4.42 Å². The Morgan fingerprint density at radius 2 is 0.982 bits per heavy atom. The van der Waals surface area contributed by atoms with Crippen LogP contribution in [0, 0.1) is 0 Å². The molecule has 56 heavy (non-hydrogen) atoms. The molecule has 0 aliphatic rings.